The molecule has 0 N–H and O–H groups in total. The first kappa shape index (κ1) is 36.1. The van der Waals surface area contributed by atoms with Gasteiger partial charge in [-0.15, -0.1) is 0 Å². The van der Waals surface area contributed by atoms with Crippen molar-refractivity contribution in [3.63, 3.8) is 0 Å². The first-order chi connectivity index (χ1) is 23.8. The summed E-state index contributed by atoms with van der Waals surface area (Å²) < 4.78 is 27.0. The fourth-order valence-corrected chi connectivity index (χ4v) is 14.1. The zero-order valence-corrected chi connectivity index (χ0v) is 35.6. The molecule has 8 aliphatic rings. The molecule has 0 heterocycles. The summed E-state index contributed by atoms with van der Waals surface area (Å²) >= 11 is 0. The normalized spacial score (nSPS) is 34.1. The Balaban J connectivity index is 1.06. The van der Waals surface area contributed by atoms with Crippen molar-refractivity contribution in [2.75, 3.05) is 0 Å². The molecule has 10 rings (SSSR count). The lowest BCUT2D eigenvalue weighted by molar-refractivity contribution is -0.00604. The predicted molar refractivity (Wildman–Crippen MR) is 215 cm³/mol. The highest BCUT2D eigenvalue weighted by atomic mass is 28.4. The lowest BCUT2D eigenvalue weighted by Gasteiger charge is -2.57. The van der Waals surface area contributed by atoms with Crippen LogP contribution in [0.5, 0.6) is 23.0 Å². The molecule has 4 nitrogen and oxygen atoms in total. The monoisotopic (exact) mass is 725 g/mol. The Kier molecular flexibility index (Phi) is 8.74. The molecule has 0 unspecified atom stereocenters. The first-order valence-corrected chi connectivity index (χ1v) is 26.5. The first-order valence-electron chi connectivity index (χ1n) is 20.6. The molecule has 8 saturated carbocycles. The summed E-state index contributed by atoms with van der Waals surface area (Å²) in [5.74, 6) is 9.10. The zero-order chi connectivity index (χ0) is 36.2. The van der Waals surface area contributed by atoms with Crippen molar-refractivity contribution >= 4 is 24.3 Å². The van der Waals surface area contributed by atoms with E-state index >= 15 is 0 Å². The van der Waals surface area contributed by atoms with Crippen LogP contribution in [-0.2, 0) is 10.8 Å². The zero-order valence-electron chi connectivity index (χ0n) is 33.6. The van der Waals surface area contributed by atoms with Gasteiger partial charge in [-0.05, 0) is 196 Å². The molecular weight excluding hydrogens is 659 g/mol. The fourth-order valence-electron chi connectivity index (χ4n) is 12.0. The summed E-state index contributed by atoms with van der Waals surface area (Å²) in [5.41, 5.74) is 3.21. The summed E-state index contributed by atoms with van der Waals surface area (Å²) in [6.07, 6.45) is 16.4. The van der Waals surface area contributed by atoms with Crippen LogP contribution in [0.3, 0.4) is 0 Å². The van der Waals surface area contributed by atoms with Gasteiger partial charge >= 0.3 is 7.69 Å². The molecule has 0 amide bonds. The Labute approximate surface area is 313 Å². The van der Waals surface area contributed by atoms with Crippen molar-refractivity contribution in [2.24, 2.45) is 35.5 Å². The summed E-state index contributed by atoms with van der Waals surface area (Å²) in [7, 11) is -2.47. The van der Waals surface area contributed by atoms with Crippen LogP contribution in [0.4, 0.5) is 0 Å². The molecule has 8 fully saturated rings. The molecule has 0 atom stereocenters. The topological polar surface area (TPSA) is 36.9 Å². The van der Waals surface area contributed by atoms with E-state index in [9.17, 15) is 0 Å². The maximum atomic E-state index is 7.13. The molecule has 7 heteroatoms. The van der Waals surface area contributed by atoms with Crippen molar-refractivity contribution in [1.29, 1.82) is 0 Å². The van der Waals surface area contributed by atoms with Gasteiger partial charge in [0.2, 0.25) is 16.6 Å². The third-order valence-corrected chi connectivity index (χ3v) is 24.5. The minimum Gasteiger partial charge on any atom is -0.543 e. The van der Waals surface area contributed by atoms with Gasteiger partial charge in [-0.3, -0.25) is 0 Å². The number of hydrogen-bond donors (Lipinski definition) is 0. The average molecular weight is 726 g/mol. The lowest BCUT2D eigenvalue weighted by Crippen LogP contribution is -2.49. The van der Waals surface area contributed by atoms with E-state index in [4.69, 9.17) is 18.2 Å². The van der Waals surface area contributed by atoms with Gasteiger partial charge in [0.25, 0.3) is 0 Å². The molecule has 51 heavy (non-hydrogen) atoms. The maximum Gasteiger partial charge on any atom is 0.658 e. The molecular formula is C44H66BO4Si2. The van der Waals surface area contributed by atoms with Gasteiger partial charge < -0.3 is 18.2 Å². The Bertz CT molecular complexity index is 1440. The molecule has 1 radical (unpaired) electrons. The van der Waals surface area contributed by atoms with Crippen LogP contribution in [0.15, 0.2) is 36.4 Å². The van der Waals surface area contributed by atoms with Crippen LogP contribution in [0.25, 0.3) is 0 Å². The van der Waals surface area contributed by atoms with Gasteiger partial charge in [0.1, 0.15) is 23.0 Å². The van der Waals surface area contributed by atoms with E-state index < -0.39 is 16.6 Å². The number of hydrogen-bond acceptors (Lipinski definition) is 4. The smallest absolute Gasteiger partial charge is 0.543 e. The van der Waals surface area contributed by atoms with Gasteiger partial charge in [-0.1, -0.05) is 41.5 Å². The Morgan fingerprint density at radius 2 is 0.804 bits per heavy atom. The Hall–Kier alpha value is -1.86. The van der Waals surface area contributed by atoms with E-state index in [1.165, 1.54) is 88.2 Å². The quantitative estimate of drug-likeness (QED) is 0.229. The second kappa shape index (κ2) is 12.3. The fraction of sp³-hybridized carbons (Fsp3) is 0.727. The molecule has 0 saturated heterocycles. The van der Waals surface area contributed by atoms with E-state index in [-0.39, 0.29) is 20.9 Å². The van der Waals surface area contributed by atoms with Crippen molar-refractivity contribution in [1.82, 2.24) is 0 Å². The maximum absolute atomic E-state index is 7.13. The van der Waals surface area contributed by atoms with E-state index in [0.29, 0.717) is 0 Å². The minimum absolute atomic E-state index is 0.142. The predicted octanol–water partition coefficient (Wildman–Crippen LogP) is 12.4. The van der Waals surface area contributed by atoms with E-state index in [1.54, 1.807) is 7.69 Å². The standard InChI is InChI=1S/C44H66BO4Si2/c1-41(2,3)50(7,8)48-39-13-11-35(21-37(39)43-23-29-15-30(24-43)17-31(16-29)25-43)46-45-47-36-12-14-40(49-51(9,10)42(4,5)6)38(22-36)44-26-32-18-33(27-44)20-34(19-32)28-44/h11-14,21-22,29-34H,15-20,23-28H2,1-10H3. The lowest BCUT2D eigenvalue weighted by atomic mass is 9.48. The molecule has 2 aromatic rings. The summed E-state index contributed by atoms with van der Waals surface area (Å²) in [6.45, 7) is 23.6. The van der Waals surface area contributed by atoms with Crippen LogP contribution in [0.1, 0.15) is 130 Å². The highest BCUT2D eigenvalue weighted by Gasteiger charge is 2.55. The minimum atomic E-state index is -2.02. The summed E-state index contributed by atoms with van der Waals surface area (Å²) in [5, 5.41) is 0.283. The van der Waals surface area contributed by atoms with Crippen molar-refractivity contribution in [3.8, 4) is 23.0 Å². The highest BCUT2D eigenvalue weighted by molar-refractivity contribution is 6.75. The van der Waals surface area contributed by atoms with Crippen molar-refractivity contribution < 1.29 is 18.2 Å². The molecule has 8 aliphatic carbocycles. The molecule has 8 bridgehead atoms. The number of rotatable bonds is 10. The molecule has 0 spiro atoms. The van der Waals surface area contributed by atoms with Crippen LogP contribution in [0, 0.1) is 35.5 Å². The van der Waals surface area contributed by atoms with Gasteiger partial charge in [0, 0.05) is 11.1 Å². The molecule has 2 aromatic carbocycles. The van der Waals surface area contributed by atoms with E-state index in [2.05, 4.69) is 104 Å². The van der Waals surface area contributed by atoms with Crippen LogP contribution in [0.2, 0.25) is 36.3 Å². The van der Waals surface area contributed by atoms with E-state index in [0.717, 1.165) is 58.5 Å². The number of benzene rings is 2. The Morgan fingerprint density at radius 1 is 0.510 bits per heavy atom. The molecule has 277 valence electrons. The highest BCUT2D eigenvalue weighted by Crippen LogP contribution is 2.64. The largest absolute Gasteiger partial charge is 0.658 e. The SMILES string of the molecule is CC(C)(C)[Si](C)(C)Oc1ccc(O[B]Oc2ccc(O[Si](C)(C)C(C)(C)C)c(C34CC5CC(CC(C5)C3)C4)c2)cc1C12CC3CC(CC(C3)C1)C2. The van der Waals surface area contributed by atoms with Crippen LogP contribution < -0.4 is 18.2 Å². The van der Waals surface area contributed by atoms with Gasteiger partial charge in [0.05, 0.1) is 0 Å². The van der Waals surface area contributed by atoms with Crippen LogP contribution >= 0.6 is 0 Å². The van der Waals surface area contributed by atoms with E-state index in [1.807, 2.05) is 0 Å². The van der Waals surface area contributed by atoms with Gasteiger partial charge in [-0.25, -0.2) is 0 Å². The van der Waals surface area contributed by atoms with Crippen molar-refractivity contribution in [3.05, 3.63) is 47.5 Å². The second-order valence-corrected chi connectivity index (χ2v) is 31.2. The molecule has 0 aromatic heterocycles. The molecule has 0 aliphatic heterocycles. The Morgan fingerprint density at radius 3 is 1.08 bits per heavy atom. The van der Waals surface area contributed by atoms with Crippen molar-refractivity contribution in [2.45, 2.75) is 166 Å². The third kappa shape index (κ3) is 6.65. The second-order valence-electron chi connectivity index (χ2n) is 21.8. The summed E-state index contributed by atoms with van der Waals surface area (Å²) in [4.78, 5) is 0. The van der Waals surface area contributed by atoms with Crippen LogP contribution in [-0.4, -0.2) is 24.3 Å². The van der Waals surface area contributed by atoms with Gasteiger partial charge in [0.15, 0.2) is 0 Å². The average Bonchev–Trinajstić information content (AvgIpc) is 2.99. The van der Waals surface area contributed by atoms with Gasteiger partial charge in [-0.2, -0.15) is 0 Å². The third-order valence-electron chi connectivity index (χ3n) is 15.8. The summed E-state index contributed by atoms with van der Waals surface area (Å²) in [6, 6.07) is 13.3.